The molecule has 9 heteroatoms. The number of anilines is 2. The molecule has 0 radical (unpaired) electrons. The predicted molar refractivity (Wildman–Crippen MR) is 110 cm³/mol. The van der Waals surface area contributed by atoms with Crippen molar-refractivity contribution in [2.24, 2.45) is 0 Å². The Labute approximate surface area is 172 Å². The molecule has 0 atom stereocenters. The summed E-state index contributed by atoms with van der Waals surface area (Å²) in [5.41, 5.74) is 1.16. The number of carbonyl (C=O) groups is 3. The Morgan fingerprint density at radius 3 is 2.36 bits per heavy atom. The molecule has 2 N–H and O–H groups in total. The summed E-state index contributed by atoms with van der Waals surface area (Å²) in [4.78, 5) is 37.0. The maximum atomic E-state index is 12.3. The van der Waals surface area contributed by atoms with Crippen molar-refractivity contribution in [3.8, 4) is 0 Å². The second kappa shape index (κ2) is 10.1. The van der Waals surface area contributed by atoms with E-state index in [2.05, 4.69) is 10.6 Å². The normalized spacial score (nSPS) is 10.3. The van der Waals surface area contributed by atoms with Gasteiger partial charge in [0.25, 0.3) is 0 Å². The number of para-hydroxylation sites is 1. The molecule has 1 heterocycles. The van der Waals surface area contributed by atoms with Crippen molar-refractivity contribution in [1.29, 1.82) is 0 Å². The smallest absolute Gasteiger partial charge is 0.348 e. The maximum absolute atomic E-state index is 12.3. The second-order valence-corrected chi connectivity index (χ2v) is 7.01. The maximum Gasteiger partial charge on any atom is 0.348 e. The van der Waals surface area contributed by atoms with Gasteiger partial charge in [-0.05, 0) is 38.5 Å². The highest BCUT2D eigenvalue weighted by Crippen LogP contribution is 2.34. The van der Waals surface area contributed by atoms with Crippen molar-refractivity contribution in [2.75, 3.05) is 30.4 Å². The van der Waals surface area contributed by atoms with Gasteiger partial charge in [-0.3, -0.25) is 4.79 Å². The van der Waals surface area contributed by atoms with Crippen molar-refractivity contribution >= 4 is 51.5 Å². The SMILES string of the molecule is CCOC(=O)c1sc(NCC(=O)Nc2ccccc2Cl)c(C(=O)OCC)c1C. The largest absolute Gasteiger partial charge is 0.462 e. The first-order valence-corrected chi connectivity index (χ1v) is 9.84. The zero-order valence-electron chi connectivity index (χ0n) is 15.8. The minimum absolute atomic E-state index is 0.125. The van der Waals surface area contributed by atoms with Crippen molar-refractivity contribution in [3.05, 3.63) is 45.3 Å². The van der Waals surface area contributed by atoms with Crippen LogP contribution in [0.3, 0.4) is 0 Å². The van der Waals surface area contributed by atoms with Gasteiger partial charge in [-0.2, -0.15) is 0 Å². The van der Waals surface area contributed by atoms with E-state index in [4.69, 9.17) is 21.1 Å². The van der Waals surface area contributed by atoms with Crippen LogP contribution in [-0.4, -0.2) is 37.6 Å². The molecule has 0 aliphatic rings. The fourth-order valence-corrected chi connectivity index (χ4v) is 3.66. The van der Waals surface area contributed by atoms with E-state index in [0.29, 0.717) is 26.2 Å². The highest BCUT2D eigenvalue weighted by Gasteiger charge is 2.26. The number of rotatable bonds is 8. The van der Waals surface area contributed by atoms with Crippen LogP contribution in [0.5, 0.6) is 0 Å². The number of esters is 2. The third-order valence-corrected chi connectivity index (χ3v) is 5.20. The molecule has 0 unspecified atom stereocenters. The molecule has 28 heavy (non-hydrogen) atoms. The fraction of sp³-hybridized carbons (Fsp3) is 0.316. The van der Waals surface area contributed by atoms with Crippen LogP contribution in [0.4, 0.5) is 10.7 Å². The zero-order valence-corrected chi connectivity index (χ0v) is 17.3. The van der Waals surface area contributed by atoms with Gasteiger partial charge in [-0.15, -0.1) is 11.3 Å². The van der Waals surface area contributed by atoms with Gasteiger partial charge in [0.15, 0.2) is 0 Å². The van der Waals surface area contributed by atoms with Crippen molar-refractivity contribution in [1.82, 2.24) is 0 Å². The molecule has 7 nitrogen and oxygen atoms in total. The van der Waals surface area contributed by atoms with Crippen LogP contribution in [-0.2, 0) is 14.3 Å². The monoisotopic (exact) mass is 424 g/mol. The Hall–Kier alpha value is -2.58. The number of halogens is 1. The van der Waals surface area contributed by atoms with Crippen LogP contribution in [0.15, 0.2) is 24.3 Å². The molecule has 0 saturated heterocycles. The number of ether oxygens (including phenoxy) is 2. The van der Waals surface area contributed by atoms with Crippen molar-refractivity contribution in [3.63, 3.8) is 0 Å². The minimum atomic E-state index is -0.569. The molecule has 1 amide bonds. The Balaban J connectivity index is 2.19. The van der Waals surface area contributed by atoms with Crippen LogP contribution in [0.2, 0.25) is 5.02 Å². The first-order valence-electron chi connectivity index (χ1n) is 8.64. The lowest BCUT2D eigenvalue weighted by molar-refractivity contribution is -0.114. The van der Waals surface area contributed by atoms with Crippen LogP contribution in [0.1, 0.15) is 39.4 Å². The van der Waals surface area contributed by atoms with Gasteiger partial charge in [0.05, 0.1) is 36.0 Å². The highest BCUT2D eigenvalue weighted by molar-refractivity contribution is 7.18. The first kappa shape index (κ1) is 21.7. The molecule has 0 spiro atoms. The molecule has 0 aliphatic carbocycles. The number of hydrogen-bond donors (Lipinski definition) is 2. The van der Waals surface area contributed by atoms with Gasteiger partial charge in [0, 0.05) is 0 Å². The number of hydrogen-bond acceptors (Lipinski definition) is 7. The van der Waals surface area contributed by atoms with Crippen LogP contribution in [0.25, 0.3) is 0 Å². The summed E-state index contributed by atoms with van der Waals surface area (Å²) in [5, 5.41) is 6.37. The van der Waals surface area contributed by atoms with Gasteiger partial charge in [-0.25, -0.2) is 9.59 Å². The summed E-state index contributed by atoms with van der Waals surface area (Å²) >= 11 is 7.08. The van der Waals surface area contributed by atoms with E-state index in [9.17, 15) is 14.4 Å². The predicted octanol–water partition coefficient (Wildman–Crippen LogP) is 4.11. The molecular formula is C19H21ClN2O5S. The fourth-order valence-electron chi connectivity index (χ4n) is 2.40. The zero-order chi connectivity index (χ0) is 20.7. The Morgan fingerprint density at radius 1 is 1.07 bits per heavy atom. The lowest BCUT2D eigenvalue weighted by Crippen LogP contribution is -2.22. The van der Waals surface area contributed by atoms with E-state index in [0.717, 1.165) is 11.3 Å². The van der Waals surface area contributed by atoms with Gasteiger partial charge >= 0.3 is 11.9 Å². The molecule has 2 rings (SSSR count). The third-order valence-electron chi connectivity index (χ3n) is 3.64. The lowest BCUT2D eigenvalue weighted by atomic mass is 10.1. The van der Waals surface area contributed by atoms with Crippen LogP contribution < -0.4 is 10.6 Å². The average molecular weight is 425 g/mol. The van der Waals surface area contributed by atoms with E-state index < -0.39 is 11.9 Å². The number of carbonyl (C=O) groups excluding carboxylic acids is 3. The van der Waals surface area contributed by atoms with Gasteiger partial charge in [0.1, 0.15) is 9.88 Å². The highest BCUT2D eigenvalue weighted by atomic mass is 35.5. The van der Waals surface area contributed by atoms with Crippen molar-refractivity contribution < 1.29 is 23.9 Å². The van der Waals surface area contributed by atoms with Gasteiger partial charge in [-0.1, -0.05) is 23.7 Å². The average Bonchev–Trinajstić information content (AvgIpc) is 2.99. The minimum Gasteiger partial charge on any atom is -0.462 e. The standard InChI is InChI=1S/C19H21ClN2O5S/c1-4-26-18(24)15-11(3)16(19(25)27-5-2)28-17(15)21-10-14(23)22-13-9-7-6-8-12(13)20/h6-9,21H,4-5,10H2,1-3H3,(H,22,23). The van der Waals surface area contributed by atoms with Gasteiger partial charge < -0.3 is 20.1 Å². The molecule has 1 aromatic carbocycles. The molecule has 0 bridgehead atoms. The molecule has 0 fully saturated rings. The molecular weight excluding hydrogens is 404 g/mol. The number of amides is 1. The molecule has 1 aromatic heterocycles. The molecule has 0 saturated carbocycles. The van der Waals surface area contributed by atoms with E-state index in [1.54, 1.807) is 45.0 Å². The summed E-state index contributed by atoms with van der Waals surface area (Å²) in [5.74, 6) is -1.45. The number of thiophene rings is 1. The molecule has 0 aliphatic heterocycles. The van der Waals surface area contributed by atoms with E-state index in [1.807, 2.05) is 0 Å². The first-order chi connectivity index (χ1) is 13.4. The Kier molecular flexibility index (Phi) is 7.83. The topological polar surface area (TPSA) is 93.7 Å². The number of benzene rings is 1. The van der Waals surface area contributed by atoms with Crippen LogP contribution >= 0.6 is 22.9 Å². The van der Waals surface area contributed by atoms with E-state index in [-0.39, 0.29) is 31.2 Å². The summed E-state index contributed by atoms with van der Waals surface area (Å²) < 4.78 is 10.1. The van der Waals surface area contributed by atoms with Gasteiger partial charge in [0.2, 0.25) is 5.91 Å². The summed E-state index contributed by atoms with van der Waals surface area (Å²) in [6, 6.07) is 6.85. The Morgan fingerprint density at radius 2 is 1.71 bits per heavy atom. The Bertz CT molecular complexity index is 881. The summed E-state index contributed by atoms with van der Waals surface area (Å²) in [6.07, 6.45) is 0. The summed E-state index contributed by atoms with van der Waals surface area (Å²) in [6.45, 7) is 5.31. The second-order valence-electron chi connectivity index (χ2n) is 5.58. The molecule has 150 valence electrons. The van der Waals surface area contributed by atoms with Crippen molar-refractivity contribution in [2.45, 2.75) is 20.8 Å². The lowest BCUT2D eigenvalue weighted by Gasteiger charge is -2.09. The number of nitrogens with one attached hydrogen (secondary N) is 2. The third kappa shape index (κ3) is 5.24. The van der Waals surface area contributed by atoms with E-state index in [1.165, 1.54) is 0 Å². The molecule has 2 aromatic rings. The quantitative estimate of drug-likeness (QED) is 0.619. The summed E-state index contributed by atoms with van der Waals surface area (Å²) in [7, 11) is 0. The van der Waals surface area contributed by atoms with E-state index >= 15 is 0 Å². The van der Waals surface area contributed by atoms with Crippen LogP contribution in [0, 0.1) is 6.92 Å².